The molecule has 3 nitrogen and oxygen atoms in total. The van der Waals surface area contributed by atoms with Crippen molar-refractivity contribution in [3.05, 3.63) is 29.6 Å². The summed E-state index contributed by atoms with van der Waals surface area (Å²) in [5.74, 6) is -0.854. The molecule has 0 aliphatic carbocycles. The average molecular weight is 244 g/mol. The topological polar surface area (TPSA) is 50.2 Å². The second-order valence-electron chi connectivity index (χ2n) is 2.77. The summed E-state index contributed by atoms with van der Waals surface area (Å²) in [6.45, 7) is 1.99. The first-order valence-electron chi connectivity index (χ1n) is 3.90. The van der Waals surface area contributed by atoms with Gasteiger partial charge in [0.15, 0.2) is 0 Å². The molecule has 1 aromatic rings. The van der Waals surface area contributed by atoms with Crippen molar-refractivity contribution in [2.75, 3.05) is 0 Å². The molecular weight excluding hydrogens is 234 g/mol. The molecule has 0 radical (unpaired) electrons. The first-order chi connectivity index (χ1) is 6.09. The number of nitrogens with zero attached hydrogens (tertiary/aromatic N) is 1. The lowest BCUT2D eigenvalue weighted by molar-refractivity contribution is -0.136. The van der Waals surface area contributed by atoms with Crippen molar-refractivity contribution in [1.82, 2.24) is 4.98 Å². The molecule has 4 heteroatoms. The van der Waals surface area contributed by atoms with Gasteiger partial charge in [-0.3, -0.25) is 9.78 Å². The van der Waals surface area contributed by atoms with Gasteiger partial charge in [0, 0.05) is 11.0 Å². The molecule has 1 rings (SSSR count). The standard InChI is InChI=1S/C9H10BrNO2/c1-6(10)7-2-3-8(11-5-7)4-9(12)13/h2-3,5-6H,4H2,1H3,(H,12,13). The molecule has 0 aliphatic heterocycles. The van der Waals surface area contributed by atoms with Crippen molar-refractivity contribution in [1.29, 1.82) is 0 Å². The van der Waals surface area contributed by atoms with Gasteiger partial charge in [0.1, 0.15) is 0 Å². The zero-order chi connectivity index (χ0) is 9.84. The second-order valence-corrected chi connectivity index (χ2v) is 4.14. The van der Waals surface area contributed by atoms with Gasteiger partial charge >= 0.3 is 5.97 Å². The van der Waals surface area contributed by atoms with Crippen LogP contribution in [0.5, 0.6) is 0 Å². The van der Waals surface area contributed by atoms with Gasteiger partial charge in [0.25, 0.3) is 0 Å². The largest absolute Gasteiger partial charge is 0.481 e. The van der Waals surface area contributed by atoms with Crippen molar-refractivity contribution in [3.8, 4) is 0 Å². The summed E-state index contributed by atoms with van der Waals surface area (Å²) in [5, 5.41) is 8.50. The van der Waals surface area contributed by atoms with E-state index < -0.39 is 5.97 Å². The molecule has 0 aromatic carbocycles. The molecule has 70 valence electrons. The molecule has 1 heterocycles. The molecule has 0 saturated heterocycles. The van der Waals surface area contributed by atoms with Gasteiger partial charge in [-0.15, -0.1) is 0 Å². The Kier molecular flexibility index (Phi) is 3.42. The fraction of sp³-hybridized carbons (Fsp3) is 0.333. The van der Waals surface area contributed by atoms with E-state index in [4.69, 9.17) is 5.11 Å². The Morgan fingerprint density at radius 1 is 1.69 bits per heavy atom. The zero-order valence-electron chi connectivity index (χ0n) is 7.20. The summed E-state index contributed by atoms with van der Waals surface area (Å²) in [6, 6.07) is 3.62. The Hall–Kier alpha value is -0.900. The number of hydrogen-bond donors (Lipinski definition) is 1. The van der Waals surface area contributed by atoms with Crippen LogP contribution in [-0.2, 0) is 11.2 Å². The van der Waals surface area contributed by atoms with Gasteiger partial charge in [-0.25, -0.2) is 0 Å². The van der Waals surface area contributed by atoms with Crippen LogP contribution in [-0.4, -0.2) is 16.1 Å². The third kappa shape index (κ3) is 3.14. The van der Waals surface area contributed by atoms with E-state index in [1.54, 1.807) is 12.3 Å². The lowest BCUT2D eigenvalue weighted by Gasteiger charge is -2.02. The maximum Gasteiger partial charge on any atom is 0.309 e. The van der Waals surface area contributed by atoms with Crippen LogP contribution in [0.1, 0.15) is 23.0 Å². The number of carboxylic acids is 1. The van der Waals surface area contributed by atoms with Crippen LogP contribution in [0.15, 0.2) is 18.3 Å². The highest BCUT2D eigenvalue weighted by Gasteiger charge is 2.03. The van der Waals surface area contributed by atoms with Gasteiger partial charge in [-0.1, -0.05) is 22.0 Å². The zero-order valence-corrected chi connectivity index (χ0v) is 8.78. The summed E-state index contributed by atoms with van der Waals surface area (Å²) >= 11 is 3.40. The number of carboxylic acid groups (broad SMARTS) is 1. The number of aliphatic carboxylic acids is 1. The highest BCUT2D eigenvalue weighted by atomic mass is 79.9. The van der Waals surface area contributed by atoms with Crippen LogP contribution < -0.4 is 0 Å². The molecule has 1 N–H and O–H groups in total. The lowest BCUT2D eigenvalue weighted by Crippen LogP contribution is -2.02. The number of alkyl halides is 1. The Bertz CT molecular complexity index is 295. The summed E-state index contributed by atoms with van der Waals surface area (Å²) in [6.07, 6.45) is 1.68. The maximum atomic E-state index is 10.3. The van der Waals surface area contributed by atoms with Crippen LogP contribution >= 0.6 is 15.9 Å². The smallest absolute Gasteiger partial charge is 0.309 e. The molecular formula is C9H10BrNO2. The number of halogens is 1. The third-order valence-corrected chi connectivity index (χ3v) is 2.17. The van der Waals surface area contributed by atoms with Crippen LogP contribution in [0.25, 0.3) is 0 Å². The predicted molar refractivity (Wildman–Crippen MR) is 52.9 cm³/mol. The fourth-order valence-electron chi connectivity index (χ4n) is 0.931. The van der Waals surface area contributed by atoms with Gasteiger partial charge < -0.3 is 5.11 Å². The maximum absolute atomic E-state index is 10.3. The first-order valence-corrected chi connectivity index (χ1v) is 4.82. The summed E-state index contributed by atoms with van der Waals surface area (Å²) in [7, 11) is 0. The Labute approximate surface area is 84.9 Å². The van der Waals surface area contributed by atoms with Crippen LogP contribution in [0.3, 0.4) is 0 Å². The summed E-state index contributed by atoms with van der Waals surface area (Å²) in [5.41, 5.74) is 1.64. The number of pyridine rings is 1. The fourth-order valence-corrected chi connectivity index (χ4v) is 1.20. The number of carbonyl (C=O) groups is 1. The normalized spacial score (nSPS) is 12.5. The van der Waals surface area contributed by atoms with Crippen LogP contribution in [0, 0.1) is 0 Å². The molecule has 0 bridgehead atoms. The van der Waals surface area contributed by atoms with E-state index in [0.717, 1.165) is 5.56 Å². The quantitative estimate of drug-likeness (QED) is 0.829. The van der Waals surface area contributed by atoms with E-state index in [0.29, 0.717) is 5.69 Å². The average Bonchev–Trinajstić information content (AvgIpc) is 2.04. The molecule has 1 atom stereocenters. The van der Waals surface area contributed by atoms with Crippen molar-refractivity contribution in [3.63, 3.8) is 0 Å². The molecule has 0 spiro atoms. The van der Waals surface area contributed by atoms with E-state index in [1.165, 1.54) is 0 Å². The minimum Gasteiger partial charge on any atom is -0.481 e. The third-order valence-electron chi connectivity index (χ3n) is 1.64. The highest BCUT2D eigenvalue weighted by Crippen LogP contribution is 2.20. The number of hydrogen-bond acceptors (Lipinski definition) is 2. The Balaban J connectivity index is 2.75. The number of aromatic nitrogens is 1. The van der Waals surface area contributed by atoms with E-state index >= 15 is 0 Å². The van der Waals surface area contributed by atoms with Crippen molar-refractivity contribution in [2.45, 2.75) is 18.2 Å². The minimum absolute atomic E-state index is 0.0169. The molecule has 1 aromatic heterocycles. The van der Waals surface area contributed by atoms with Gasteiger partial charge in [-0.2, -0.15) is 0 Å². The Morgan fingerprint density at radius 3 is 2.77 bits per heavy atom. The van der Waals surface area contributed by atoms with Crippen molar-refractivity contribution >= 4 is 21.9 Å². The monoisotopic (exact) mass is 243 g/mol. The molecule has 0 saturated carbocycles. The SMILES string of the molecule is CC(Br)c1ccc(CC(=O)O)nc1. The molecule has 1 unspecified atom stereocenters. The van der Waals surface area contributed by atoms with Crippen LogP contribution in [0.2, 0.25) is 0 Å². The molecule has 0 fully saturated rings. The number of rotatable bonds is 3. The van der Waals surface area contributed by atoms with Gasteiger partial charge in [0.05, 0.1) is 12.1 Å². The predicted octanol–water partition coefficient (Wildman–Crippen LogP) is 2.16. The van der Waals surface area contributed by atoms with Crippen LogP contribution in [0.4, 0.5) is 0 Å². The van der Waals surface area contributed by atoms with E-state index in [2.05, 4.69) is 20.9 Å². The Morgan fingerprint density at radius 2 is 2.38 bits per heavy atom. The van der Waals surface area contributed by atoms with E-state index in [1.807, 2.05) is 13.0 Å². The first kappa shape index (κ1) is 10.2. The lowest BCUT2D eigenvalue weighted by atomic mass is 10.2. The molecule has 0 amide bonds. The van der Waals surface area contributed by atoms with Gasteiger partial charge in [-0.05, 0) is 18.6 Å². The highest BCUT2D eigenvalue weighted by molar-refractivity contribution is 9.09. The molecule has 0 aliphatic rings. The van der Waals surface area contributed by atoms with E-state index in [-0.39, 0.29) is 11.2 Å². The van der Waals surface area contributed by atoms with Gasteiger partial charge in [0.2, 0.25) is 0 Å². The molecule has 13 heavy (non-hydrogen) atoms. The van der Waals surface area contributed by atoms with Crippen molar-refractivity contribution in [2.24, 2.45) is 0 Å². The van der Waals surface area contributed by atoms with Crippen molar-refractivity contribution < 1.29 is 9.90 Å². The summed E-state index contributed by atoms with van der Waals surface area (Å²) in [4.78, 5) is 14.6. The second kappa shape index (κ2) is 4.37. The minimum atomic E-state index is -0.854. The van der Waals surface area contributed by atoms with E-state index in [9.17, 15) is 4.79 Å². The summed E-state index contributed by atoms with van der Waals surface area (Å²) < 4.78 is 0.